The van der Waals surface area contributed by atoms with Crippen LogP contribution in [-0.2, 0) is 11.3 Å². The Morgan fingerprint density at radius 3 is 3.15 bits per heavy atom. The quantitative estimate of drug-likeness (QED) is 0.802. The van der Waals surface area contributed by atoms with Gasteiger partial charge in [0.2, 0.25) is 5.91 Å². The maximum Gasteiger partial charge on any atom is 0.226 e. The number of carbonyl (C=O) groups excluding carboxylic acids is 1. The molecule has 6 heteroatoms. The van der Waals surface area contributed by atoms with E-state index in [-0.39, 0.29) is 5.91 Å². The fraction of sp³-hybridized carbons (Fsp3) is 0.214. The second kappa shape index (κ2) is 5.42. The van der Waals surface area contributed by atoms with Crippen molar-refractivity contribution in [2.45, 2.75) is 19.9 Å². The van der Waals surface area contributed by atoms with E-state index in [4.69, 9.17) is 0 Å². The molecule has 2 aromatic heterocycles. The van der Waals surface area contributed by atoms with Crippen molar-refractivity contribution < 1.29 is 4.79 Å². The summed E-state index contributed by atoms with van der Waals surface area (Å²) < 4.78 is 2.84. The number of nitrogens with zero attached hydrogens (tertiary/aromatic N) is 3. The summed E-state index contributed by atoms with van der Waals surface area (Å²) in [5.41, 5.74) is 1.79. The van der Waals surface area contributed by atoms with Crippen molar-refractivity contribution in [1.82, 2.24) is 14.8 Å². The van der Waals surface area contributed by atoms with E-state index in [1.165, 1.54) is 0 Å². The van der Waals surface area contributed by atoms with Crippen LogP contribution in [0.15, 0.2) is 36.7 Å². The molecule has 0 bridgehead atoms. The maximum atomic E-state index is 11.9. The highest BCUT2D eigenvalue weighted by Gasteiger charge is 2.05. The van der Waals surface area contributed by atoms with E-state index < -0.39 is 0 Å². The highest BCUT2D eigenvalue weighted by Crippen LogP contribution is 2.24. The third-order valence-corrected chi connectivity index (χ3v) is 3.84. The van der Waals surface area contributed by atoms with E-state index in [1.54, 1.807) is 22.2 Å². The second-order valence-electron chi connectivity index (χ2n) is 4.48. The largest absolute Gasteiger partial charge is 0.326 e. The molecule has 102 valence electrons. The van der Waals surface area contributed by atoms with Gasteiger partial charge < -0.3 is 5.32 Å². The lowest BCUT2D eigenvalue weighted by Gasteiger charge is -2.05. The van der Waals surface area contributed by atoms with Crippen LogP contribution in [0.2, 0.25) is 0 Å². The topological polar surface area (TPSA) is 59.8 Å². The van der Waals surface area contributed by atoms with Crippen LogP contribution in [0.4, 0.5) is 5.69 Å². The second-order valence-corrected chi connectivity index (χ2v) is 5.72. The number of amides is 1. The molecule has 0 radical (unpaired) electrons. The zero-order valence-corrected chi connectivity index (χ0v) is 11.9. The number of nitrogens with one attached hydrogen (secondary N) is 1. The third-order valence-electron chi connectivity index (χ3n) is 2.91. The Kier molecular flexibility index (Phi) is 3.47. The molecule has 0 spiro atoms. The highest BCUT2D eigenvalue weighted by atomic mass is 32.1. The number of hydrogen-bond donors (Lipinski definition) is 1. The van der Waals surface area contributed by atoms with Crippen molar-refractivity contribution in [2.75, 3.05) is 5.32 Å². The van der Waals surface area contributed by atoms with Gasteiger partial charge in [-0.1, -0.05) is 0 Å². The maximum absolute atomic E-state index is 11.9. The smallest absolute Gasteiger partial charge is 0.226 e. The van der Waals surface area contributed by atoms with E-state index in [0.29, 0.717) is 13.0 Å². The number of thiazole rings is 1. The number of benzene rings is 1. The Hall–Kier alpha value is -2.21. The summed E-state index contributed by atoms with van der Waals surface area (Å²) in [6.45, 7) is 2.56. The first-order chi connectivity index (χ1) is 9.70. The minimum absolute atomic E-state index is 0.0129. The van der Waals surface area contributed by atoms with Crippen LogP contribution in [0.5, 0.6) is 0 Å². The van der Waals surface area contributed by atoms with Gasteiger partial charge in [-0.25, -0.2) is 4.98 Å². The van der Waals surface area contributed by atoms with Gasteiger partial charge in [-0.05, 0) is 31.2 Å². The normalized spacial score (nSPS) is 10.8. The molecule has 20 heavy (non-hydrogen) atoms. The molecule has 0 atom stereocenters. The summed E-state index contributed by atoms with van der Waals surface area (Å²) in [6.07, 6.45) is 3.96. The van der Waals surface area contributed by atoms with Crippen LogP contribution < -0.4 is 5.32 Å². The third kappa shape index (κ3) is 2.85. The molecule has 0 aliphatic rings. The number of rotatable bonds is 4. The summed E-state index contributed by atoms with van der Waals surface area (Å²) in [4.78, 5) is 16.3. The summed E-state index contributed by atoms with van der Waals surface area (Å²) in [5.74, 6) is -0.0129. The minimum Gasteiger partial charge on any atom is -0.326 e. The average molecular weight is 286 g/mol. The summed E-state index contributed by atoms with van der Waals surface area (Å²) in [7, 11) is 0. The molecule has 5 nitrogen and oxygen atoms in total. The van der Waals surface area contributed by atoms with Crippen LogP contribution in [0.25, 0.3) is 10.2 Å². The van der Waals surface area contributed by atoms with E-state index in [9.17, 15) is 4.79 Å². The zero-order valence-electron chi connectivity index (χ0n) is 11.0. The van der Waals surface area contributed by atoms with Crippen LogP contribution in [0.3, 0.4) is 0 Å². The SMILES string of the molecule is Cc1nc2ccc(NC(=O)CCn3cccn3)cc2s1. The van der Waals surface area contributed by atoms with E-state index in [2.05, 4.69) is 15.4 Å². The Balaban J connectivity index is 1.64. The molecule has 1 aromatic carbocycles. The average Bonchev–Trinajstić information content (AvgIpc) is 3.04. The molecular formula is C14H14N4OS. The first-order valence-corrected chi connectivity index (χ1v) is 7.17. The molecule has 0 aliphatic heterocycles. The van der Waals surface area contributed by atoms with Crippen molar-refractivity contribution in [3.8, 4) is 0 Å². The minimum atomic E-state index is -0.0129. The number of aromatic nitrogens is 3. The van der Waals surface area contributed by atoms with E-state index in [1.807, 2.05) is 37.4 Å². The molecule has 1 N–H and O–H groups in total. The summed E-state index contributed by atoms with van der Waals surface area (Å²) in [5, 5.41) is 8.00. The molecule has 0 aliphatic carbocycles. The lowest BCUT2D eigenvalue weighted by atomic mass is 10.3. The molecule has 1 amide bonds. The van der Waals surface area contributed by atoms with Gasteiger partial charge in [0.15, 0.2) is 0 Å². The van der Waals surface area contributed by atoms with E-state index >= 15 is 0 Å². The van der Waals surface area contributed by atoms with Gasteiger partial charge in [0, 0.05) is 31.0 Å². The number of anilines is 1. The van der Waals surface area contributed by atoms with Crippen molar-refractivity contribution in [2.24, 2.45) is 0 Å². The van der Waals surface area contributed by atoms with E-state index in [0.717, 1.165) is 20.9 Å². The monoisotopic (exact) mass is 286 g/mol. The fourth-order valence-corrected chi connectivity index (χ4v) is 2.86. The van der Waals surface area contributed by atoms with Gasteiger partial charge in [0.05, 0.1) is 15.2 Å². The number of fused-ring (bicyclic) bond motifs is 1. The van der Waals surface area contributed by atoms with Crippen LogP contribution >= 0.6 is 11.3 Å². The summed E-state index contributed by atoms with van der Waals surface area (Å²) in [6, 6.07) is 7.62. The van der Waals surface area contributed by atoms with Gasteiger partial charge in [-0.15, -0.1) is 11.3 Å². The van der Waals surface area contributed by atoms with Gasteiger partial charge >= 0.3 is 0 Å². The van der Waals surface area contributed by atoms with Gasteiger partial charge in [0.1, 0.15) is 0 Å². The molecule has 2 heterocycles. The molecule has 0 fully saturated rings. The van der Waals surface area contributed by atoms with Gasteiger partial charge in [-0.2, -0.15) is 5.10 Å². The molecule has 0 unspecified atom stereocenters. The van der Waals surface area contributed by atoms with Crippen LogP contribution in [-0.4, -0.2) is 20.7 Å². The number of aryl methyl sites for hydroxylation is 2. The molecule has 0 saturated heterocycles. The lowest BCUT2D eigenvalue weighted by Crippen LogP contribution is -2.14. The van der Waals surface area contributed by atoms with Crippen LogP contribution in [0.1, 0.15) is 11.4 Å². The molecule has 3 aromatic rings. The van der Waals surface area contributed by atoms with Crippen LogP contribution in [0, 0.1) is 6.92 Å². The lowest BCUT2D eigenvalue weighted by molar-refractivity contribution is -0.116. The number of hydrogen-bond acceptors (Lipinski definition) is 4. The van der Waals surface area contributed by atoms with Crippen molar-refractivity contribution in [1.29, 1.82) is 0 Å². The molecular weight excluding hydrogens is 272 g/mol. The van der Waals surface area contributed by atoms with Gasteiger partial charge in [-0.3, -0.25) is 9.48 Å². The predicted molar refractivity (Wildman–Crippen MR) is 79.8 cm³/mol. The Labute approximate surface area is 120 Å². The van der Waals surface area contributed by atoms with Gasteiger partial charge in [0.25, 0.3) is 0 Å². The van der Waals surface area contributed by atoms with Crippen molar-refractivity contribution in [3.63, 3.8) is 0 Å². The molecule has 0 saturated carbocycles. The Morgan fingerprint density at radius 2 is 2.35 bits per heavy atom. The Bertz CT molecular complexity index is 733. The predicted octanol–water partition coefficient (Wildman–Crippen LogP) is 2.83. The Morgan fingerprint density at radius 1 is 1.45 bits per heavy atom. The van der Waals surface area contributed by atoms with Crippen molar-refractivity contribution in [3.05, 3.63) is 41.7 Å². The zero-order chi connectivity index (χ0) is 13.9. The first-order valence-electron chi connectivity index (χ1n) is 6.35. The summed E-state index contributed by atoms with van der Waals surface area (Å²) >= 11 is 1.63. The van der Waals surface area contributed by atoms with Crippen molar-refractivity contribution >= 4 is 33.1 Å². The number of carbonyl (C=O) groups is 1. The fourth-order valence-electron chi connectivity index (χ4n) is 1.99. The standard InChI is InChI=1S/C14H14N4OS/c1-10-16-12-4-3-11(9-13(12)20-10)17-14(19)5-8-18-7-2-6-15-18/h2-4,6-7,9H,5,8H2,1H3,(H,17,19). The highest BCUT2D eigenvalue weighted by molar-refractivity contribution is 7.18. The molecule has 3 rings (SSSR count). The first kappa shape index (κ1) is 12.8.